The van der Waals surface area contributed by atoms with Gasteiger partial charge in [-0.2, -0.15) is 0 Å². The zero-order valence-corrected chi connectivity index (χ0v) is 19.6. The van der Waals surface area contributed by atoms with Crippen molar-refractivity contribution in [3.8, 4) is 10.7 Å². The molecule has 0 saturated carbocycles. The van der Waals surface area contributed by atoms with Gasteiger partial charge >= 0.3 is 0 Å². The summed E-state index contributed by atoms with van der Waals surface area (Å²) in [5, 5.41) is 13.1. The Morgan fingerprint density at radius 3 is 2.61 bits per heavy atom. The molecule has 2 aromatic heterocycles. The Balaban J connectivity index is 1.63. The minimum Gasteiger partial charge on any atom is -0.333 e. The minimum absolute atomic E-state index is 0.0232. The Kier molecular flexibility index (Phi) is 8.50. The van der Waals surface area contributed by atoms with Crippen LogP contribution in [0, 0.1) is 17.5 Å². The highest BCUT2D eigenvalue weighted by Gasteiger charge is 2.21. The Morgan fingerprint density at radius 1 is 1.15 bits per heavy atom. The summed E-state index contributed by atoms with van der Waals surface area (Å²) in [7, 11) is 0. The number of carbonyl (C=O) groups excluding carboxylic acids is 2. The second-order valence-corrected chi connectivity index (χ2v) is 8.79. The van der Waals surface area contributed by atoms with E-state index in [1.165, 1.54) is 16.7 Å². The van der Waals surface area contributed by atoms with Gasteiger partial charge in [-0.05, 0) is 36.9 Å². The van der Waals surface area contributed by atoms with E-state index in [2.05, 4.69) is 15.5 Å². The first-order valence-electron chi connectivity index (χ1n) is 10.2. The fourth-order valence-electron chi connectivity index (χ4n) is 3.03. The van der Waals surface area contributed by atoms with Crippen molar-refractivity contribution in [1.29, 1.82) is 0 Å². The maximum absolute atomic E-state index is 13.8. The van der Waals surface area contributed by atoms with Crippen LogP contribution in [0.2, 0.25) is 0 Å². The summed E-state index contributed by atoms with van der Waals surface area (Å²) in [6.07, 6.45) is 0.594. The van der Waals surface area contributed by atoms with E-state index in [0.29, 0.717) is 30.7 Å². The van der Waals surface area contributed by atoms with Gasteiger partial charge in [0.1, 0.15) is 0 Å². The number of hydrogen-bond acceptors (Lipinski definition) is 6. The van der Waals surface area contributed by atoms with E-state index in [1.807, 2.05) is 35.9 Å². The van der Waals surface area contributed by atoms with E-state index in [9.17, 15) is 22.8 Å². The number of anilines is 1. The van der Waals surface area contributed by atoms with Crippen LogP contribution in [0.3, 0.4) is 0 Å². The molecule has 0 aliphatic heterocycles. The number of carbonyl (C=O) groups is 2. The molecule has 33 heavy (non-hydrogen) atoms. The van der Waals surface area contributed by atoms with E-state index in [4.69, 9.17) is 0 Å². The summed E-state index contributed by atoms with van der Waals surface area (Å²) in [6.45, 7) is 4.37. The van der Waals surface area contributed by atoms with Crippen molar-refractivity contribution in [1.82, 2.24) is 19.7 Å². The summed E-state index contributed by atoms with van der Waals surface area (Å²) in [5.74, 6) is -4.81. The van der Waals surface area contributed by atoms with Gasteiger partial charge in [0.05, 0.1) is 22.9 Å². The highest BCUT2D eigenvalue weighted by Crippen LogP contribution is 2.27. The smallest absolute Gasteiger partial charge is 0.244 e. The van der Waals surface area contributed by atoms with Crippen molar-refractivity contribution in [2.75, 3.05) is 24.2 Å². The second kappa shape index (κ2) is 11.3. The minimum atomic E-state index is -1.67. The number of hydrogen-bond donors (Lipinski definition) is 1. The molecule has 0 saturated heterocycles. The predicted octanol–water partition coefficient (Wildman–Crippen LogP) is 4.41. The van der Waals surface area contributed by atoms with Crippen LogP contribution in [-0.4, -0.2) is 50.3 Å². The molecule has 0 atom stereocenters. The van der Waals surface area contributed by atoms with Gasteiger partial charge in [-0.25, -0.2) is 13.2 Å². The first kappa shape index (κ1) is 24.8. The van der Waals surface area contributed by atoms with Gasteiger partial charge in [0.2, 0.25) is 11.8 Å². The second-order valence-electron chi connectivity index (χ2n) is 6.90. The predicted molar refractivity (Wildman–Crippen MR) is 122 cm³/mol. The van der Waals surface area contributed by atoms with Crippen molar-refractivity contribution in [2.24, 2.45) is 0 Å². The van der Waals surface area contributed by atoms with Crippen LogP contribution in [0.4, 0.5) is 18.9 Å². The number of thiophene rings is 1. The van der Waals surface area contributed by atoms with Gasteiger partial charge in [-0.3, -0.25) is 9.59 Å². The van der Waals surface area contributed by atoms with E-state index < -0.39 is 29.0 Å². The number of rotatable bonds is 10. The van der Waals surface area contributed by atoms with Crippen LogP contribution >= 0.6 is 23.1 Å². The first-order valence-corrected chi connectivity index (χ1v) is 12.0. The van der Waals surface area contributed by atoms with Gasteiger partial charge in [0.15, 0.2) is 28.4 Å². The van der Waals surface area contributed by atoms with Crippen molar-refractivity contribution in [2.45, 2.75) is 32.0 Å². The molecule has 0 aliphatic carbocycles. The molecule has 1 aromatic carbocycles. The summed E-state index contributed by atoms with van der Waals surface area (Å²) >= 11 is 2.75. The lowest BCUT2D eigenvalue weighted by atomic mass is 10.2. The molecule has 1 N–H and O–H groups in total. The van der Waals surface area contributed by atoms with Crippen molar-refractivity contribution in [3.05, 3.63) is 47.1 Å². The standard InChI is InChI=1S/C21H22F3N5O2S2/c1-3-9-28(11-16(30)25-14-8-7-13(22)18(23)19(14)24)17(31)12-33-21-27-26-20(29(21)4-2)15-6-5-10-32-15/h5-8,10H,3-4,9,11-12H2,1-2H3,(H,25,30). The molecule has 0 spiro atoms. The molecule has 0 aliphatic rings. The molecular weight excluding hydrogens is 475 g/mol. The molecule has 0 fully saturated rings. The van der Waals surface area contributed by atoms with Crippen molar-refractivity contribution >= 4 is 40.6 Å². The third-order valence-corrected chi connectivity index (χ3v) is 6.41. The third kappa shape index (κ3) is 5.93. The lowest BCUT2D eigenvalue weighted by Gasteiger charge is -2.21. The average molecular weight is 498 g/mol. The fourth-order valence-corrected chi connectivity index (χ4v) is 4.66. The quantitative estimate of drug-likeness (QED) is 0.332. The number of nitrogens with zero attached hydrogens (tertiary/aromatic N) is 4. The number of halogens is 3. The molecule has 7 nitrogen and oxygen atoms in total. The zero-order valence-electron chi connectivity index (χ0n) is 18.0. The Morgan fingerprint density at radius 2 is 1.94 bits per heavy atom. The van der Waals surface area contributed by atoms with Crippen LogP contribution in [-0.2, 0) is 16.1 Å². The first-order chi connectivity index (χ1) is 15.8. The van der Waals surface area contributed by atoms with Gasteiger partial charge in [0.25, 0.3) is 0 Å². The van der Waals surface area contributed by atoms with E-state index in [1.54, 1.807) is 11.3 Å². The molecule has 0 unspecified atom stereocenters. The molecule has 176 valence electrons. The normalized spacial score (nSPS) is 10.9. The number of amides is 2. The number of thioether (sulfide) groups is 1. The van der Waals surface area contributed by atoms with Gasteiger partial charge in [0, 0.05) is 13.1 Å². The van der Waals surface area contributed by atoms with E-state index >= 15 is 0 Å². The van der Waals surface area contributed by atoms with Crippen LogP contribution in [0.1, 0.15) is 20.3 Å². The molecule has 2 amide bonds. The topological polar surface area (TPSA) is 80.1 Å². The third-order valence-electron chi connectivity index (χ3n) is 4.59. The average Bonchev–Trinajstić information content (AvgIpc) is 3.47. The van der Waals surface area contributed by atoms with Crippen LogP contribution in [0.15, 0.2) is 34.8 Å². The van der Waals surface area contributed by atoms with Gasteiger partial charge < -0.3 is 14.8 Å². The lowest BCUT2D eigenvalue weighted by Crippen LogP contribution is -2.39. The van der Waals surface area contributed by atoms with Gasteiger partial charge in [-0.1, -0.05) is 24.8 Å². The zero-order chi connectivity index (χ0) is 24.0. The SMILES string of the molecule is CCCN(CC(=O)Nc1ccc(F)c(F)c1F)C(=O)CSc1nnc(-c2cccs2)n1CC. The Labute approximate surface area is 197 Å². The lowest BCUT2D eigenvalue weighted by molar-refractivity contribution is -0.132. The molecule has 0 radical (unpaired) electrons. The monoisotopic (exact) mass is 497 g/mol. The van der Waals surface area contributed by atoms with Crippen LogP contribution < -0.4 is 5.32 Å². The largest absolute Gasteiger partial charge is 0.333 e. The highest BCUT2D eigenvalue weighted by atomic mass is 32.2. The molecular formula is C21H22F3N5O2S2. The maximum atomic E-state index is 13.8. The summed E-state index contributed by atoms with van der Waals surface area (Å²) < 4.78 is 42.2. The Bertz CT molecular complexity index is 1120. The molecule has 3 aromatic rings. The molecule has 0 bridgehead atoms. The van der Waals surface area contributed by atoms with Crippen LogP contribution in [0.5, 0.6) is 0 Å². The van der Waals surface area contributed by atoms with Crippen LogP contribution in [0.25, 0.3) is 10.7 Å². The van der Waals surface area contributed by atoms with E-state index in [-0.39, 0.29) is 18.2 Å². The number of aromatic nitrogens is 3. The molecule has 2 heterocycles. The van der Waals surface area contributed by atoms with Crippen molar-refractivity contribution in [3.63, 3.8) is 0 Å². The highest BCUT2D eigenvalue weighted by molar-refractivity contribution is 7.99. The maximum Gasteiger partial charge on any atom is 0.244 e. The fraction of sp³-hybridized carbons (Fsp3) is 0.333. The Hall–Kier alpha value is -2.86. The number of nitrogens with one attached hydrogen (secondary N) is 1. The van der Waals surface area contributed by atoms with E-state index in [0.717, 1.165) is 16.8 Å². The summed E-state index contributed by atoms with van der Waals surface area (Å²) in [6, 6.07) is 5.51. The molecule has 3 rings (SSSR count). The molecule has 12 heteroatoms. The summed E-state index contributed by atoms with van der Waals surface area (Å²) in [5.41, 5.74) is -0.491. The van der Waals surface area contributed by atoms with Gasteiger partial charge in [-0.15, -0.1) is 21.5 Å². The number of benzene rings is 1. The summed E-state index contributed by atoms with van der Waals surface area (Å²) in [4.78, 5) is 27.4. The van der Waals surface area contributed by atoms with Crippen molar-refractivity contribution < 1.29 is 22.8 Å².